The molecule has 2 heteroatoms. The minimum Gasteiger partial charge on any atom is -0.291 e. The lowest BCUT2D eigenvalue weighted by Crippen LogP contribution is -1.98. The predicted molar refractivity (Wildman–Crippen MR) is 19.7 cm³/mol. The van der Waals surface area contributed by atoms with E-state index in [1.165, 1.54) is 0 Å². The molecule has 0 fully saturated rings. The van der Waals surface area contributed by atoms with Gasteiger partial charge in [0.1, 0.15) is 0 Å². The molecule has 1 N–H and O–H groups in total. The first-order valence-electron chi connectivity index (χ1n) is 1.54. The van der Waals surface area contributed by atoms with Crippen LogP contribution in [0.1, 0.15) is 6.92 Å². The third kappa shape index (κ3) is 3.47. The van der Waals surface area contributed by atoms with Crippen LogP contribution in [0.25, 0.3) is 0 Å². The van der Waals surface area contributed by atoms with E-state index in [9.17, 15) is 0 Å². The lowest BCUT2D eigenvalue weighted by Gasteiger charge is -1.73. The quantitative estimate of drug-likeness (QED) is 0.203. The molecule has 0 aliphatic heterocycles. The third-order valence-electron chi connectivity index (χ3n) is 0.365. The first-order chi connectivity index (χ1) is 2.27. The second-order valence-corrected chi connectivity index (χ2v) is 0.823. The second kappa shape index (κ2) is 1.76. The van der Waals surface area contributed by atoms with Crippen molar-refractivity contribution in [1.29, 1.82) is 0 Å². The van der Waals surface area contributed by atoms with Gasteiger partial charge in [-0.25, -0.2) is 0 Å². The zero-order chi connectivity index (χ0) is 4.28. The Bertz CT molecular complexity index is 42.2. The molecule has 2 nitrogen and oxygen atoms in total. The number of rotatable bonds is 1. The van der Waals surface area contributed by atoms with Gasteiger partial charge in [-0.1, -0.05) is 0 Å². The number of hydrogen-bond acceptors (Lipinski definition) is 1. The Morgan fingerprint density at radius 1 is 2.00 bits per heavy atom. The van der Waals surface area contributed by atoms with Crippen LogP contribution in [0.3, 0.4) is 0 Å². The molecule has 0 rings (SSSR count). The number of hydrogen-bond donors (Lipinski definition) is 1. The van der Waals surface area contributed by atoms with Crippen LogP contribution in [0.5, 0.6) is 0 Å². The Labute approximate surface area is 31.3 Å². The fourth-order valence-corrected chi connectivity index (χ4v) is 0. The summed E-state index contributed by atoms with van der Waals surface area (Å²) in [6.07, 6.45) is 0. The molecule has 5 heavy (non-hydrogen) atoms. The van der Waals surface area contributed by atoms with Crippen LogP contribution < -0.4 is 0 Å². The summed E-state index contributed by atoms with van der Waals surface area (Å²) in [5, 5.41) is 8.08. The molecule has 0 amide bonds. The molecule has 0 aromatic rings. The molecule has 0 radical (unpaired) electrons. The van der Waals surface area contributed by atoms with Crippen molar-refractivity contribution >= 4 is 6.72 Å². The van der Waals surface area contributed by atoms with Crippen LogP contribution in [0, 0.1) is 0 Å². The highest BCUT2D eigenvalue weighted by Crippen LogP contribution is 1.51. The molecular formula is C3H8NO+. The van der Waals surface area contributed by atoms with Crippen LogP contribution >= 0.6 is 0 Å². The molecule has 30 valence electrons. The van der Waals surface area contributed by atoms with Gasteiger partial charge in [-0.05, 0) is 11.7 Å². The lowest BCUT2D eigenvalue weighted by atomic mass is 10.8. The van der Waals surface area contributed by atoms with Gasteiger partial charge in [0.15, 0.2) is 13.3 Å². The summed E-state index contributed by atoms with van der Waals surface area (Å²) in [4.78, 5) is 0. The summed E-state index contributed by atoms with van der Waals surface area (Å²) in [5.74, 6) is 0. The first kappa shape index (κ1) is 4.47. The lowest BCUT2D eigenvalue weighted by molar-refractivity contribution is -0.766. The smallest absolute Gasteiger partial charge is 0.189 e. The zero-order valence-corrected chi connectivity index (χ0v) is 3.31. The van der Waals surface area contributed by atoms with E-state index < -0.39 is 0 Å². The summed E-state index contributed by atoms with van der Waals surface area (Å²) in [6.45, 7) is 5.54. The highest BCUT2D eigenvalue weighted by molar-refractivity contribution is 5.13. The minimum atomic E-state index is 0.583. The van der Waals surface area contributed by atoms with Gasteiger partial charge >= 0.3 is 0 Å². The third-order valence-corrected chi connectivity index (χ3v) is 0.365. The Hall–Kier alpha value is -0.530. The van der Waals surface area contributed by atoms with Crippen molar-refractivity contribution in [2.75, 3.05) is 6.54 Å². The minimum absolute atomic E-state index is 0.583. The SMILES string of the molecule is C=[N+](O)CC. The number of hydroxylamine groups is 1. The number of nitrogens with zero attached hydrogens (tertiary/aromatic N) is 1. The van der Waals surface area contributed by atoms with Gasteiger partial charge in [-0.15, -0.1) is 0 Å². The molecule has 0 spiro atoms. The fraction of sp³-hybridized carbons (Fsp3) is 0.667. The van der Waals surface area contributed by atoms with E-state index in [-0.39, 0.29) is 0 Å². The van der Waals surface area contributed by atoms with Crippen LogP contribution in [-0.2, 0) is 0 Å². The highest BCUT2D eigenvalue weighted by atomic mass is 16.5. The normalized spacial score (nSPS) is 7.40. The molecule has 0 bridgehead atoms. The Kier molecular flexibility index (Phi) is 1.57. The van der Waals surface area contributed by atoms with Crippen molar-refractivity contribution in [1.82, 2.24) is 0 Å². The first-order valence-corrected chi connectivity index (χ1v) is 1.54. The van der Waals surface area contributed by atoms with Crippen molar-refractivity contribution < 1.29 is 9.95 Å². The van der Waals surface area contributed by atoms with E-state index in [0.29, 0.717) is 6.54 Å². The van der Waals surface area contributed by atoms with Crippen LogP contribution in [0.2, 0.25) is 0 Å². The van der Waals surface area contributed by atoms with Crippen LogP contribution in [0.15, 0.2) is 0 Å². The van der Waals surface area contributed by atoms with Gasteiger partial charge in [-0.2, -0.15) is 0 Å². The molecule has 0 atom stereocenters. The topological polar surface area (TPSA) is 23.2 Å². The Morgan fingerprint density at radius 3 is 2.20 bits per heavy atom. The zero-order valence-electron chi connectivity index (χ0n) is 3.31. The van der Waals surface area contributed by atoms with Crippen LogP contribution in [0.4, 0.5) is 0 Å². The maximum atomic E-state index is 8.08. The standard InChI is InChI=1S/C3H8NO/c1-3-4(2)5/h5H,2-3H2,1H3/q+1. The second-order valence-electron chi connectivity index (χ2n) is 0.823. The average molecular weight is 74.1 g/mol. The van der Waals surface area contributed by atoms with E-state index in [0.717, 1.165) is 4.74 Å². The molecule has 0 saturated heterocycles. The van der Waals surface area contributed by atoms with Crippen molar-refractivity contribution in [2.24, 2.45) is 0 Å². The van der Waals surface area contributed by atoms with E-state index in [1.54, 1.807) is 0 Å². The molecule has 0 aromatic heterocycles. The van der Waals surface area contributed by atoms with E-state index in [4.69, 9.17) is 5.21 Å². The van der Waals surface area contributed by atoms with E-state index >= 15 is 0 Å². The molecular weight excluding hydrogens is 66.0 g/mol. The summed E-state index contributed by atoms with van der Waals surface area (Å²) < 4.78 is 0.875. The highest BCUT2D eigenvalue weighted by Gasteiger charge is 1.76. The molecule has 0 unspecified atom stereocenters. The largest absolute Gasteiger partial charge is 0.291 e. The van der Waals surface area contributed by atoms with Crippen LogP contribution in [-0.4, -0.2) is 23.2 Å². The Morgan fingerprint density at radius 2 is 2.20 bits per heavy atom. The summed E-state index contributed by atoms with van der Waals surface area (Å²) in [6, 6.07) is 0. The summed E-state index contributed by atoms with van der Waals surface area (Å²) in [7, 11) is 0. The van der Waals surface area contributed by atoms with Gasteiger partial charge in [0.2, 0.25) is 0 Å². The molecule has 0 aromatic carbocycles. The van der Waals surface area contributed by atoms with Gasteiger partial charge in [0, 0.05) is 0 Å². The van der Waals surface area contributed by atoms with Gasteiger partial charge in [0.05, 0.1) is 0 Å². The maximum Gasteiger partial charge on any atom is 0.189 e. The Balaban J connectivity index is 2.85. The maximum absolute atomic E-state index is 8.08. The predicted octanol–water partition coefficient (Wildman–Crippen LogP) is 0.109. The average Bonchev–Trinajstić information content (AvgIpc) is 1.38. The monoisotopic (exact) mass is 74.1 g/mol. The molecule has 0 heterocycles. The van der Waals surface area contributed by atoms with Gasteiger partial charge < -0.3 is 0 Å². The fourth-order valence-electron chi connectivity index (χ4n) is 0. The molecule has 0 saturated carbocycles. The van der Waals surface area contributed by atoms with E-state index in [1.807, 2.05) is 6.92 Å². The van der Waals surface area contributed by atoms with Crippen molar-refractivity contribution in [3.05, 3.63) is 0 Å². The van der Waals surface area contributed by atoms with E-state index in [2.05, 4.69) is 6.72 Å². The molecule has 0 aliphatic carbocycles. The molecule has 0 aliphatic rings. The van der Waals surface area contributed by atoms with Crippen molar-refractivity contribution in [2.45, 2.75) is 6.92 Å². The summed E-state index contributed by atoms with van der Waals surface area (Å²) >= 11 is 0. The van der Waals surface area contributed by atoms with Crippen molar-refractivity contribution in [3.8, 4) is 0 Å². The van der Waals surface area contributed by atoms with Gasteiger partial charge in [-0.3, -0.25) is 5.21 Å². The summed E-state index contributed by atoms with van der Waals surface area (Å²) in [5.41, 5.74) is 0. The van der Waals surface area contributed by atoms with Crippen molar-refractivity contribution in [3.63, 3.8) is 0 Å². The van der Waals surface area contributed by atoms with Gasteiger partial charge in [0.25, 0.3) is 0 Å².